The Bertz CT molecular complexity index is 596. The molecule has 2 atom stereocenters. The van der Waals surface area contributed by atoms with Crippen molar-refractivity contribution in [3.05, 3.63) is 0 Å². The maximum absolute atomic E-state index is 12.6. The lowest BCUT2D eigenvalue weighted by Gasteiger charge is -2.25. The van der Waals surface area contributed by atoms with Gasteiger partial charge in [-0.2, -0.15) is 0 Å². The Hall–Kier alpha value is -1.99. The van der Waals surface area contributed by atoms with Crippen LogP contribution in [0.3, 0.4) is 0 Å². The number of nitrogens with zero attached hydrogens (tertiary/aromatic N) is 2. The van der Waals surface area contributed by atoms with Crippen molar-refractivity contribution in [2.75, 3.05) is 26.7 Å². The van der Waals surface area contributed by atoms with E-state index in [-0.39, 0.29) is 18.0 Å². The molecule has 2 unspecified atom stereocenters. The molecule has 0 aromatic heterocycles. The quantitative estimate of drug-likeness (QED) is 0.432. The molecule has 1 aliphatic heterocycles. The van der Waals surface area contributed by atoms with Crippen molar-refractivity contribution >= 4 is 18.0 Å². The SMILES string of the molecule is CCCC(CNC(=NC)NC1CCN(C(=O)C2CCCC2)C1)NC(=O)OC(C)(C)C. The van der Waals surface area contributed by atoms with Crippen LogP contribution in [0.4, 0.5) is 4.79 Å². The molecule has 2 rings (SSSR count). The summed E-state index contributed by atoms with van der Waals surface area (Å²) in [6, 6.07) is 0.150. The zero-order valence-corrected chi connectivity index (χ0v) is 19.4. The summed E-state index contributed by atoms with van der Waals surface area (Å²) < 4.78 is 5.37. The topological polar surface area (TPSA) is 95.1 Å². The van der Waals surface area contributed by atoms with Crippen molar-refractivity contribution in [3.63, 3.8) is 0 Å². The van der Waals surface area contributed by atoms with E-state index in [0.29, 0.717) is 18.4 Å². The van der Waals surface area contributed by atoms with Gasteiger partial charge in [0.05, 0.1) is 0 Å². The number of carbonyl (C=O) groups is 2. The monoisotopic (exact) mass is 423 g/mol. The molecule has 1 heterocycles. The highest BCUT2D eigenvalue weighted by Crippen LogP contribution is 2.27. The van der Waals surface area contributed by atoms with Crippen LogP contribution in [-0.2, 0) is 9.53 Å². The number of amides is 2. The van der Waals surface area contributed by atoms with Crippen LogP contribution in [0.2, 0.25) is 0 Å². The average Bonchev–Trinajstić information content (AvgIpc) is 3.35. The zero-order chi connectivity index (χ0) is 22.1. The summed E-state index contributed by atoms with van der Waals surface area (Å²) in [7, 11) is 1.74. The first-order chi connectivity index (χ1) is 14.2. The minimum Gasteiger partial charge on any atom is -0.444 e. The van der Waals surface area contributed by atoms with E-state index in [1.807, 2.05) is 25.7 Å². The number of alkyl carbamates (subject to hydrolysis) is 1. The second-order valence-electron chi connectivity index (χ2n) is 9.48. The van der Waals surface area contributed by atoms with Gasteiger partial charge in [-0.1, -0.05) is 26.2 Å². The van der Waals surface area contributed by atoms with E-state index in [2.05, 4.69) is 27.9 Å². The highest BCUT2D eigenvalue weighted by atomic mass is 16.6. The van der Waals surface area contributed by atoms with Gasteiger partial charge in [0.15, 0.2) is 5.96 Å². The molecule has 0 aromatic carbocycles. The van der Waals surface area contributed by atoms with Gasteiger partial charge in [-0.25, -0.2) is 4.79 Å². The number of aliphatic imine (C=N–C) groups is 1. The van der Waals surface area contributed by atoms with Gasteiger partial charge < -0.3 is 25.6 Å². The largest absolute Gasteiger partial charge is 0.444 e. The summed E-state index contributed by atoms with van der Waals surface area (Å²) in [5.74, 6) is 1.25. The maximum atomic E-state index is 12.6. The van der Waals surface area contributed by atoms with Gasteiger partial charge in [0.25, 0.3) is 0 Å². The highest BCUT2D eigenvalue weighted by Gasteiger charge is 2.32. The van der Waals surface area contributed by atoms with Gasteiger partial charge in [0, 0.05) is 44.7 Å². The number of hydrogen-bond donors (Lipinski definition) is 3. The molecule has 3 N–H and O–H groups in total. The Balaban J connectivity index is 1.78. The van der Waals surface area contributed by atoms with Crippen LogP contribution in [0, 0.1) is 5.92 Å². The first-order valence-corrected chi connectivity index (χ1v) is 11.5. The molecule has 2 fully saturated rings. The minimum absolute atomic E-state index is 0.0487. The first kappa shape index (κ1) is 24.3. The van der Waals surface area contributed by atoms with Crippen LogP contribution >= 0.6 is 0 Å². The number of likely N-dealkylation sites (tertiary alicyclic amines) is 1. The Morgan fingerprint density at radius 2 is 1.90 bits per heavy atom. The second kappa shape index (κ2) is 11.4. The molecule has 1 saturated carbocycles. The number of nitrogens with one attached hydrogen (secondary N) is 3. The lowest BCUT2D eigenvalue weighted by molar-refractivity contribution is -0.134. The summed E-state index contributed by atoms with van der Waals surface area (Å²) in [4.78, 5) is 31.1. The van der Waals surface area contributed by atoms with E-state index >= 15 is 0 Å². The van der Waals surface area contributed by atoms with E-state index in [9.17, 15) is 9.59 Å². The fourth-order valence-corrected chi connectivity index (χ4v) is 4.17. The second-order valence-corrected chi connectivity index (χ2v) is 9.48. The molecule has 0 spiro atoms. The average molecular weight is 424 g/mol. The fraction of sp³-hybridized carbons (Fsp3) is 0.864. The Morgan fingerprint density at radius 1 is 1.20 bits per heavy atom. The van der Waals surface area contributed by atoms with Gasteiger partial charge in [-0.15, -0.1) is 0 Å². The molecule has 1 aliphatic carbocycles. The number of ether oxygens (including phenoxy) is 1. The molecular formula is C22H41N5O3. The van der Waals surface area contributed by atoms with Crippen molar-refractivity contribution in [2.24, 2.45) is 10.9 Å². The number of rotatable bonds is 7. The summed E-state index contributed by atoms with van der Waals surface area (Å²) in [6.07, 6.45) is 6.76. The fourth-order valence-electron chi connectivity index (χ4n) is 4.17. The normalized spacial score (nSPS) is 21.4. The summed E-state index contributed by atoms with van der Waals surface area (Å²) in [6.45, 7) is 9.75. The van der Waals surface area contributed by atoms with Crippen LogP contribution in [0.25, 0.3) is 0 Å². The highest BCUT2D eigenvalue weighted by molar-refractivity contribution is 5.81. The standard InChI is InChI=1S/C22H41N5O3/c1-6-9-17(26-21(29)30-22(2,3)4)14-24-20(23-5)25-18-12-13-27(15-18)19(28)16-10-7-8-11-16/h16-18H,6-15H2,1-5H3,(H,26,29)(H2,23,24,25). The number of carbonyl (C=O) groups excluding carboxylic acids is 2. The van der Waals surface area contributed by atoms with Gasteiger partial charge in [0.2, 0.25) is 5.91 Å². The Morgan fingerprint density at radius 3 is 2.50 bits per heavy atom. The molecule has 8 heteroatoms. The Labute approximate surface area is 181 Å². The van der Waals surface area contributed by atoms with E-state index in [1.165, 1.54) is 12.8 Å². The lowest BCUT2D eigenvalue weighted by atomic mass is 10.1. The Kier molecular flexibility index (Phi) is 9.24. The van der Waals surface area contributed by atoms with Crippen molar-refractivity contribution < 1.29 is 14.3 Å². The van der Waals surface area contributed by atoms with Crippen LogP contribution < -0.4 is 16.0 Å². The third kappa shape index (κ3) is 8.03. The van der Waals surface area contributed by atoms with Crippen molar-refractivity contribution in [1.29, 1.82) is 0 Å². The van der Waals surface area contributed by atoms with E-state index in [4.69, 9.17) is 4.74 Å². The molecular weight excluding hydrogens is 382 g/mol. The molecule has 0 radical (unpaired) electrons. The van der Waals surface area contributed by atoms with E-state index in [0.717, 1.165) is 45.2 Å². The van der Waals surface area contributed by atoms with Gasteiger partial charge in [-0.05, 0) is 46.5 Å². The number of guanidine groups is 1. The molecule has 30 heavy (non-hydrogen) atoms. The van der Waals surface area contributed by atoms with Crippen molar-refractivity contribution in [2.45, 2.75) is 90.3 Å². The van der Waals surface area contributed by atoms with Gasteiger partial charge >= 0.3 is 6.09 Å². The maximum Gasteiger partial charge on any atom is 0.407 e. The molecule has 8 nitrogen and oxygen atoms in total. The minimum atomic E-state index is -0.518. The third-order valence-corrected chi connectivity index (χ3v) is 5.64. The molecule has 0 aromatic rings. The van der Waals surface area contributed by atoms with Crippen LogP contribution in [-0.4, -0.2) is 67.2 Å². The molecule has 172 valence electrons. The molecule has 2 amide bonds. The van der Waals surface area contributed by atoms with Gasteiger partial charge in [-0.3, -0.25) is 9.79 Å². The third-order valence-electron chi connectivity index (χ3n) is 5.64. The smallest absolute Gasteiger partial charge is 0.407 e. The van der Waals surface area contributed by atoms with Crippen LogP contribution in [0.15, 0.2) is 4.99 Å². The number of hydrogen-bond acceptors (Lipinski definition) is 4. The molecule has 1 saturated heterocycles. The lowest BCUT2D eigenvalue weighted by Crippen LogP contribution is -2.50. The molecule has 2 aliphatic rings. The van der Waals surface area contributed by atoms with E-state index < -0.39 is 11.7 Å². The predicted octanol–water partition coefficient (Wildman–Crippen LogP) is 2.64. The predicted molar refractivity (Wildman–Crippen MR) is 120 cm³/mol. The van der Waals surface area contributed by atoms with Crippen LogP contribution in [0.1, 0.15) is 72.6 Å². The van der Waals surface area contributed by atoms with Crippen molar-refractivity contribution in [1.82, 2.24) is 20.9 Å². The molecule has 0 bridgehead atoms. The zero-order valence-electron chi connectivity index (χ0n) is 19.4. The summed E-state index contributed by atoms with van der Waals surface area (Å²) >= 11 is 0. The summed E-state index contributed by atoms with van der Waals surface area (Å²) in [5, 5.41) is 9.69. The van der Waals surface area contributed by atoms with Crippen molar-refractivity contribution in [3.8, 4) is 0 Å². The van der Waals surface area contributed by atoms with Gasteiger partial charge in [0.1, 0.15) is 5.60 Å². The first-order valence-electron chi connectivity index (χ1n) is 11.5. The summed E-state index contributed by atoms with van der Waals surface area (Å²) in [5.41, 5.74) is -0.518. The van der Waals surface area contributed by atoms with Crippen LogP contribution in [0.5, 0.6) is 0 Å². The van der Waals surface area contributed by atoms with E-state index in [1.54, 1.807) is 7.05 Å².